The highest BCUT2D eigenvalue weighted by molar-refractivity contribution is 5.85. The predicted octanol–water partition coefficient (Wildman–Crippen LogP) is 2.30. The minimum atomic E-state index is -0.758. The first-order valence-electron chi connectivity index (χ1n) is 6.45. The van der Waals surface area contributed by atoms with Crippen LogP contribution in [0.25, 0.3) is 0 Å². The first kappa shape index (κ1) is 11.5. The van der Waals surface area contributed by atoms with Crippen molar-refractivity contribution in [3.8, 4) is 5.88 Å². The van der Waals surface area contributed by atoms with E-state index in [1.54, 1.807) is 6.20 Å². The highest BCUT2D eigenvalue weighted by Crippen LogP contribution is 2.51. The standard InChI is InChI=1S/C14H17NO3/c1-9-6-11(14(4-5-14)13(16)17)12(15-7-9)18-8-10-2-3-10/h6-7,10H,2-5,8H2,1H3,(H,16,17). The van der Waals surface area contributed by atoms with Gasteiger partial charge in [-0.1, -0.05) is 0 Å². The van der Waals surface area contributed by atoms with Gasteiger partial charge in [-0.3, -0.25) is 4.79 Å². The molecule has 96 valence electrons. The molecule has 3 rings (SSSR count). The highest BCUT2D eigenvalue weighted by atomic mass is 16.5. The molecule has 0 aromatic carbocycles. The topological polar surface area (TPSA) is 59.4 Å². The van der Waals surface area contributed by atoms with E-state index in [0.29, 0.717) is 31.2 Å². The lowest BCUT2D eigenvalue weighted by Gasteiger charge is -2.15. The lowest BCUT2D eigenvalue weighted by Crippen LogP contribution is -2.21. The number of carboxylic acid groups (broad SMARTS) is 1. The Kier molecular flexibility index (Phi) is 2.54. The van der Waals surface area contributed by atoms with Crippen molar-refractivity contribution in [3.63, 3.8) is 0 Å². The first-order chi connectivity index (χ1) is 8.62. The van der Waals surface area contributed by atoms with Gasteiger partial charge in [0.25, 0.3) is 0 Å². The van der Waals surface area contributed by atoms with Gasteiger partial charge >= 0.3 is 5.97 Å². The lowest BCUT2D eigenvalue weighted by molar-refractivity contribution is -0.140. The summed E-state index contributed by atoms with van der Waals surface area (Å²) in [5.41, 5.74) is 1.00. The number of aliphatic carboxylic acids is 1. The monoisotopic (exact) mass is 247 g/mol. The van der Waals surface area contributed by atoms with Gasteiger partial charge in [0.2, 0.25) is 5.88 Å². The summed E-state index contributed by atoms with van der Waals surface area (Å²) in [6.07, 6.45) is 5.54. The molecule has 2 fully saturated rings. The molecule has 0 bridgehead atoms. The van der Waals surface area contributed by atoms with Gasteiger partial charge < -0.3 is 9.84 Å². The Morgan fingerprint density at radius 3 is 2.83 bits per heavy atom. The van der Waals surface area contributed by atoms with Crippen molar-refractivity contribution in [3.05, 3.63) is 23.4 Å². The summed E-state index contributed by atoms with van der Waals surface area (Å²) in [7, 11) is 0. The van der Waals surface area contributed by atoms with Crippen LogP contribution >= 0.6 is 0 Å². The van der Waals surface area contributed by atoms with Crippen LogP contribution in [-0.2, 0) is 10.2 Å². The number of aromatic nitrogens is 1. The quantitative estimate of drug-likeness (QED) is 0.867. The Morgan fingerprint density at radius 2 is 2.28 bits per heavy atom. The summed E-state index contributed by atoms with van der Waals surface area (Å²) in [4.78, 5) is 15.7. The number of aryl methyl sites for hydroxylation is 1. The van der Waals surface area contributed by atoms with Gasteiger partial charge in [0, 0.05) is 11.8 Å². The van der Waals surface area contributed by atoms with Crippen molar-refractivity contribution >= 4 is 5.97 Å². The van der Waals surface area contributed by atoms with E-state index in [1.165, 1.54) is 12.8 Å². The normalized spacial score (nSPS) is 20.5. The van der Waals surface area contributed by atoms with Gasteiger partial charge in [-0.05, 0) is 50.2 Å². The van der Waals surface area contributed by atoms with E-state index in [9.17, 15) is 9.90 Å². The van der Waals surface area contributed by atoms with Crippen molar-refractivity contribution in [2.75, 3.05) is 6.61 Å². The van der Waals surface area contributed by atoms with E-state index < -0.39 is 11.4 Å². The number of ether oxygens (including phenoxy) is 1. The summed E-state index contributed by atoms with van der Waals surface area (Å²) in [5.74, 6) is 0.402. The third kappa shape index (κ3) is 1.96. The van der Waals surface area contributed by atoms with Gasteiger partial charge in [0.1, 0.15) is 0 Å². The second-order valence-electron chi connectivity index (χ2n) is 5.51. The van der Waals surface area contributed by atoms with Crippen molar-refractivity contribution in [2.45, 2.75) is 38.0 Å². The van der Waals surface area contributed by atoms with Crippen LogP contribution in [-0.4, -0.2) is 22.7 Å². The number of rotatable bonds is 5. The molecule has 4 heteroatoms. The van der Waals surface area contributed by atoms with Crippen LogP contribution in [0.3, 0.4) is 0 Å². The third-order valence-corrected chi connectivity index (χ3v) is 3.82. The molecule has 0 saturated heterocycles. The number of pyridine rings is 1. The van der Waals surface area contributed by atoms with E-state index in [-0.39, 0.29) is 0 Å². The molecule has 2 aliphatic rings. The van der Waals surface area contributed by atoms with Crippen LogP contribution in [0.15, 0.2) is 12.3 Å². The number of hydrogen-bond donors (Lipinski definition) is 1. The summed E-state index contributed by atoms with van der Waals surface area (Å²) in [6, 6.07) is 1.91. The second-order valence-corrected chi connectivity index (χ2v) is 5.51. The maximum Gasteiger partial charge on any atom is 0.314 e. The zero-order valence-corrected chi connectivity index (χ0v) is 10.5. The van der Waals surface area contributed by atoms with Crippen LogP contribution in [0, 0.1) is 12.8 Å². The van der Waals surface area contributed by atoms with Gasteiger partial charge in [-0.25, -0.2) is 4.98 Å². The van der Waals surface area contributed by atoms with Crippen molar-refractivity contribution in [1.82, 2.24) is 4.98 Å². The molecule has 2 aliphatic carbocycles. The zero-order chi connectivity index (χ0) is 12.8. The van der Waals surface area contributed by atoms with Crippen molar-refractivity contribution in [2.24, 2.45) is 5.92 Å². The molecule has 0 atom stereocenters. The van der Waals surface area contributed by atoms with E-state index in [4.69, 9.17) is 4.74 Å². The summed E-state index contributed by atoms with van der Waals surface area (Å²) in [6.45, 7) is 2.60. The molecule has 1 N–H and O–H groups in total. The molecule has 18 heavy (non-hydrogen) atoms. The minimum absolute atomic E-state index is 0.521. The Hall–Kier alpha value is -1.58. The molecule has 1 aromatic heterocycles. The Labute approximate surface area is 106 Å². The van der Waals surface area contributed by atoms with Gasteiger partial charge in [-0.15, -0.1) is 0 Å². The zero-order valence-electron chi connectivity index (χ0n) is 10.5. The van der Waals surface area contributed by atoms with Crippen LogP contribution in [0.2, 0.25) is 0 Å². The summed E-state index contributed by atoms with van der Waals surface area (Å²) < 4.78 is 5.72. The minimum Gasteiger partial charge on any atom is -0.481 e. The molecule has 2 saturated carbocycles. The lowest BCUT2D eigenvalue weighted by atomic mass is 9.96. The van der Waals surface area contributed by atoms with Crippen LogP contribution < -0.4 is 4.74 Å². The molecule has 4 nitrogen and oxygen atoms in total. The number of carbonyl (C=O) groups is 1. The fourth-order valence-corrected chi connectivity index (χ4v) is 2.22. The number of hydrogen-bond acceptors (Lipinski definition) is 3. The third-order valence-electron chi connectivity index (χ3n) is 3.82. The molecule has 0 radical (unpaired) electrons. The van der Waals surface area contributed by atoms with E-state index in [2.05, 4.69) is 4.98 Å². The van der Waals surface area contributed by atoms with Crippen molar-refractivity contribution in [1.29, 1.82) is 0 Å². The molecule has 0 spiro atoms. The maximum atomic E-state index is 11.4. The smallest absolute Gasteiger partial charge is 0.314 e. The molecule has 1 aromatic rings. The van der Waals surface area contributed by atoms with E-state index in [1.807, 2.05) is 13.0 Å². The SMILES string of the molecule is Cc1cnc(OCC2CC2)c(C2(C(=O)O)CC2)c1. The molecular formula is C14H17NO3. The van der Waals surface area contributed by atoms with Gasteiger partial charge in [-0.2, -0.15) is 0 Å². The van der Waals surface area contributed by atoms with Gasteiger partial charge in [0.15, 0.2) is 0 Å². The largest absolute Gasteiger partial charge is 0.481 e. The van der Waals surface area contributed by atoms with Gasteiger partial charge in [0.05, 0.1) is 12.0 Å². The van der Waals surface area contributed by atoms with Crippen LogP contribution in [0.5, 0.6) is 5.88 Å². The van der Waals surface area contributed by atoms with Crippen molar-refractivity contribution < 1.29 is 14.6 Å². The molecule has 0 amide bonds. The predicted molar refractivity (Wildman–Crippen MR) is 65.7 cm³/mol. The highest BCUT2D eigenvalue weighted by Gasteiger charge is 2.54. The molecule has 0 unspecified atom stereocenters. The van der Waals surface area contributed by atoms with E-state index >= 15 is 0 Å². The second kappa shape index (κ2) is 3.97. The Bertz CT molecular complexity index is 490. The van der Waals surface area contributed by atoms with Crippen LogP contribution in [0.4, 0.5) is 0 Å². The maximum absolute atomic E-state index is 11.4. The van der Waals surface area contributed by atoms with Crippen LogP contribution in [0.1, 0.15) is 36.8 Å². The average molecular weight is 247 g/mol. The molecular weight excluding hydrogens is 230 g/mol. The van der Waals surface area contributed by atoms with E-state index in [0.717, 1.165) is 11.1 Å². The number of carboxylic acids is 1. The fourth-order valence-electron chi connectivity index (χ4n) is 2.22. The fraction of sp³-hybridized carbons (Fsp3) is 0.571. The Morgan fingerprint density at radius 1 is 1.56 bits per heavy atom. The average Bonchev–Trinajstić information content (AvgIpc) is 3.21. The molecule has 0 aliphatic heterocycles. The molecule has 1 heterocycles. The number of nitrogens with zero attached hydrogens (tertiary/aromatic N) is 1. The summed E-state index contributed by atoms with van der Waals surface area (Å²) >= 11 is 0. The first-order valence-corrected chi connectivity index (χ1v) is 6.45. The summed E-state index contributed by atoms with van der Waals surface area (Å²) in [5, 5.41) is 9.38. The Balaban J connectivity index is 1.90.